The van der Waals surface area contributed by atoms with Crippen LogP contribution in [0.4, 0.5) is 13.2 Å². The molecule has 0 aromatic heterocycles. The smallest absolute Gasteiger partial charge is 0.380 e. The molecule has 0 heterocycles. The molecular weight excluding hydrogens is 259 g/mol. The minimum Gasteiger partial charge on any atom is -0.380 e. The Labute approximate surface area is 110 Å². The van der Waals surface area contributed by atoms with Gasteiger partial charge in [0.05, 0.1) is 5.41 Å². The molecule has 3 N–H and O–H groups in total. The monoisotopic (exact) mass is 279 g/mol. The van der Waals surface area contributed by atoms with Gasteiger partial charge < -0.3 is 10.8 Å². The number of carbonyl (C=O) groups is 1. The third-order valence-electron chi connectivity index (χ3n) is 5.11. The summed E-state index contributed by atoms with van der Waals surface area (Å²) in [5.41, 5.74) is 2.28. The molecule has 0 radical (unpaired) electrons. The van der Waals surface area contributed by atoms with Gasteiger partial charge in [0.25, 0.3) is 0 Å². The van der Waals surface area contributed by atoms with E-state index in [-0.39, 0.29) is 37.5 Å². The molecule has 19 heavy (non-hydrogen) atoms. The van der Waals surface area contributed by atoms with Crippen molar-refractivity contribution in [2.75, 3.05) is 0 Å². The summed E-state index contributed by atoms with van der Waals surface area (Å²) >= 11 is 0. The maximum Gasteiger partial charge on any atom is 0.417 e. The quantitative estimate of drug-likeness (QED) is 0.815. The summed E-state index contributed by atoms with van der Waals surface area (Å²) in [6.07, 6.45) is -1.63. The number of halogens is 3. The Morgan fingerprint density at radius 1 is 1.11 bits per heavy atom. The number of carbonyl (C=O) groups excluding carboxylic acids is 1. The van der Waals surface area contributed by atoms with Crippen LogP contribution in [0.2, 0.25) is 0 Å². The predicted octanol–water partition coefficient (Wildman–Crippen LogP) is 2.52. The van der Waals surface area contributed by atoms with E-state index < -0.39 is 17.2 Å². The number of amides is 1. The summed E-state index contributed by atoms with van der Waals surface area (Å²) in [4.78, 5) is 11.7. The van der Waals surface area contributed by atoms with E-state index in [9.17, 15) is 23.1 Å². The third kappa shape index (κ3) is 2.35. The van der Waals surface area contributed by atoms with E-state index in [0.29, 0.717) is 12.8 Å². The van der Waals surface area contributed by atoms with Gasteiger partial charge in [-0.3, -0.25) is 4.79 Å². The number of rotatable bonds is 2. The summed E-state index contributed by atoms with van der Waals surface area (Å²) < 4.78 is 38.2. The second kappa shape index (κ2) is 4.65. The van der Waals surface area contributed by atoms with Crippen LogP contribution in [0.25, 0.3) is 0 Å². The van der Waals surface area contributed by atoms with E-state index >= 15 is 0 Å². The van der Waals surface area contributed by atoms with Crippen molar-refractivity contribution in [3.05, 3.63) is 0 Å². The molecule has 2 fully saturated rings. The van der Waals surface area contributed by atoms with Crippen LogP contribution in [-0.2, 0) is 4.79 Å². The fourth-order valence-electron chi connectivity index (χ4n) is 3.79. The standard InChI is InChI=1S/C13H20F3NO2/c14-13(15,16)12(19)7-3-9(4-8-12)11(10(17)18)5-1-2-6-11/h9,19H,1-8H2,(H2,17,18). The van der Waals surface area contributed by atoms with Gasteiger partial charge in [-0.25, -0.2) is 0 Å². The molecule has 0 bridgehead atoms. The van der Waals surface area contributed by atoms with Gasteiger partial charge in [-0.15, -0.1) is 0 Å². The van der Waals surface area contributed by atoms with Gasteiger partial charge >= 0.3 is 6.18 Å². The van der Waals surface area contributed by atoms with E-state index in [1.165, 1.54) is 0 Å². The van der Waals surface area contributed by atoms with Gasteiger partial charge in [0.15, 0.2) is 5.60 Å². The third-order valence-corrected chi connectivity index (χ3v) is 5.11. The Hall–Kier alpha value is -0.780. The largest absolute Gasteiger partial charge is 0.417 e. The summed E-state index contributed by atoms with van der Waals surface area (Å²) in [5.74, 6) is -0.498. The summed E-state index contributed by atoms with van der Waals surface area (Å²) in [6, 6.07) is 0. The lowest BCUT2D eigenvalue weighted by Gasteiger charge is -2.43. The van der Waals surface area contributed by atoms with Gasteiger partial charge in [-0.05, 0) is 44.4 Å². The topological polar surface area (TPSA) is 63.3 Å². The van der Waals surface area contributed by atoms with Crippen LogP contribution in [0.3, 0.4) is 0 Å². The molecule has 0 unspecified atom stereocenters. The van der Waals surface area contributed by atoms with Gasteiger partial charge in [-0.1, -0.05) is 12.8 Å². The van der Waals surface area contributed by atoms with E-state index in [1.807, 2.05) is 0 Å². The van der Waals surface area contributed by atoms with Crippen molar-refractivity contribution < 1.29 is 23.1 Å². The number of primary amides is 1. The molecule has 1 amide bonds. The number of hydrogen-bond donors (Lipinski definition) is 2. The average molecular weight is 279 g/mol. The van der Waals surface area contributed by atoms with Crippen molar-refractivity contribution in [3.63, 3.8) is 0 Å². The second-order valence-electron chi connectivity index (χ2n) is 6.03. The number of hydrogen-bond acceptors (Lipinski definition) is 2. The van der Waals surface area contributed by atoms with Gasteiger partial charge in [0.1, 0.15) is 0 Å². The average Bonchev–Trinajstić information content (AvgIpc) is 2.79. The Kier molecular flexibility index (Phi) is 3.58. The fraction of sp³-hybridized carbons (Fsp3) is 0.923. The highest BCUT2D eigenvalue weighted by Crippen LogP contribution is 2.53. The molecule has 6 heteroatoms. The Morgan fingerprint density at radius 3 is 1.95 bits per heavy atom. The Balaban J connectivity index is 2.09. The Morgan fingerprint density at radius 2 is 1.58 bits per heavy atom. The molecule has 3 nitrogen and oxygen atoms in total. The molecule has 0 aromatic rings. The predicted molar refractivity (Wildman–Crippen MR) is 63.1 cm³/mol. The van der Waals surface area contributed by atoms with Crippen LogP contribution in [-0.4, -0.2) is 22.8 Å². The van der Waals surface area contributed by atoms with Crippen LogP contribution in [0.1, 0.15) is 51.4 Å². The highest BCUT2D eigenvalue weighted by molar-refractivity contribution is 5.81. The zero-order valence-corrected chi connectivity index (χ0v) is 10.8. The lowest BCUT2D eigenvalue weighted by atomic mass is 9.64. The van der Waals surface area contributed by atoms with Crippen molar-refractivity contribution in [1.82, 2.24) is 0 Å². The highest BCUT2D eigenvalue weighted by Gasteiger charge is 2.57. The van der Waals surface area contributed by atoms with Crippen molar-refractivity contribution in [2.24, 2.45) is 17.1 Å². The molecule has 0 saturated heterocycles. The molecule has 2 rings (SSSR count). The number of aliphatic hydroxyl groups is 1. The van der Waals surface area contributed by atoms with Crippen molar-refractivity contribution >= 4 is 5.91 Å². The molecular formula is C13H20F3NO2. The van der Waals surface area contributed by atoms with E-state index in [2.05, 4.69) is 0 Å². The van der Waals surface area contributed by atoms with Crippen LogP contribution in [0, 0.1) is 11.3 Å². The summed E-state index contributed by atoms with van der Waals surface area (Å²) in [6.45, 7) is 0. The zero-order chi connectivity index (χ0) is 14.3. The van der Waals surface area contributed by atoms with Crippen LogP contribution in [0.15, 0.2) is 0 Å². The lowest BCUT2D eigenvalue weighted by molar-refractivity contribution is -0.273. The van der Waals surface area contributed by atoms with Crippen molar-refractivity contribution in [1.29, 1.82) is 0 Å². The maximum atomic E-state index is 12.7. The number of nitrogens with two attached hydrogens (primary N) is 1. The maximum absolute atomic E-state index is 12.7. The molecule has 0 aliphatic heterocycles. The minimum atomic E-state index is -4.59. The van der Waals surface area contributed by atoms with Crippen molar-refractivity contribution in [2.45, 2.75) is 63.1 Å². The van der Waals surface area contributed by atoms with E-state index in [4.69, 9.17) is 5.73 Å². The molecule has 110 valence electrons. The van der Waals surface area contributed by atoms with Gasteiger partial charge in [0, 0.05) is 0 Å². The summed E-state index contributed by atoms with van der Waals surface area (Å²) in [7, 11) is 0. The molecule has 0 atom stereocenters. The first-order chi connectivity index (χ1) is 8.71. The van der Waals surface area contributed by atoms with Crippen molar-refractivity contribution in [3.8, 4) is 0 Å². The van der Waals surface area contributed by atoms with E-state index in [1.54, 1.807) is 0 Å². The minimum absolute atomic E-state index is 0.116. The first-order valence-corrected chi connectivity index (χ1v) is 6.80. The normalized spacial score (nSPS) is 35.3. The molecule has 2 aliphatic carbocycles. The molecule has 0 aromatic carbocycles. The summed E-state index contributed by atoms with van der Waals surface area (Å²) in [5, 5.41) is 9.65. The second-order valence-corrected chi connectivity index (χ2v) is 6.03. The molecule has 2 aliphatic rings. The van der Waals surface area contributed by atoms with E-state index in [0.717, 1.165) is 12.8 Å². The first kappa shape index (κ1) is 14.6. The number of alkyl halides is 3. The highest BCUT2D eigenvalue weighted by atomic mass is 19.4. The molecule has 0 spiro atoms. The van der Waals surface area contributed by atoms with Crippen LogP contribution >= 0.6 is 0 Å². The molecule has 2 saturated carbocycles. The van der Waals surface area contributed by atoms with Crippen LogP contribution in [0.5, 0.6) is 0 Å². The fourth-order valence-corrected chi connectivity index (χ4v) is 3.79. The van der Waals surface area contributed by atoms with Gasteiger partial charge in [-0.2, -0.15) is 13.2 Å². The Bertz CT molecular complexity index is 353. The SMILES string of the molecule is NC(=O)C1(C2CCC(O)(C(F)(F)F)CC2)CCCC1. The first-order valence-electron chi connectivity index (χ1n) is 6.80. The van der Waals surface area contributed by atoms with Crippen LogP contribution < -0.4 is 5.73 Å². The zero-order valence-electron chi connectivity index (χ0n) is 10.8. The lowest BCUT2D eigenvalue weighted by Crippen LogP contribution is -2.51. The van der Waals surface area contributed by atoms with Gasteiger partial charge in [0.2, 0.25) is 5.91 Å².